The van der Waals surface area contributed by atoms with E-state index in [2.05, 4.69) is 10.1 Å². The number of nitrogens with zero attached hydrogens (tertiary/aromatic N) is 4. The Labute approximate surface area is 230 Å². The second-order valence-corrected chi connectivity index (χ2v) is 10.0. The number of hydrogen-bond donors (Lipinski definition) is 0. The maximum atomic E-state index is 13.9. The summed E-state index contributed by atoms with van der Waals surface area (Å²) < 4.78 is 41.4. The molecule has 1 aliphatic heterocycles. The van der Waals surface area contributed by atoms with E-state index in [1.54, 1.807) is 29.4 Å². The molecule has 4 aromatic rings. The van der Waals surface area contributed by atoms with E-state index in [0.717, 1.165) is 24.1 Å². The van der Waals surface area contributed by atoms with Crippen LogP contribution in [-0.4, -0.2) is 44.4 Å². The number of amides is 1. The number of aromatic nitrogens is 3. The third kappa shape index (κ3) is 5.28. The Bertz CT molecular complexity index is 1490. The summed E-state index contributed by atoms with van der Waals surface area (Å²) in [6.45, 7) is 2.72. The second-order valence-electron chi connectivity index (χ2n) is 10.0. The first-order chi connectivity index (χ1) is 19.2. The molecule has 6 nitrogen and oxygen atoms in total. The highest BCUT2D eigenvalue weighted by Crippen LogP contribution is 2.39. The van der Waals surface area contributed by atoms with Crippen molar-refractivity contribution in [3.05, 3.63) is 102 Å². The average molecular weight is 547 g/mol. The van der Waals surface area contributed by atoms with Crippen molar-refractivity contribution in [1.29, 1.82) is 0 Å². The molecular weight excluding hydrogens is 517 g/mol. The van der Waals surface area contributed by atoms with Gasteiger partial charge in [-0.3, -0.25) is 14.6 Å². The van der Waals surface area contributed by atoms with Crippen LogP contribution in [0.1, 0.15) is 54.1 Å². The summed E-state index contributed by atoms with van der Waals surface area (Å²) in [5.41, 5.74) is 0.958. The molecule has 0 aliphatic carbocycles. The number of halogens is 3. The van der Waals surface area contributed by atoms with Crippen LogP contribution in [0, 0.1) is 0 Å². The molecule has 1 fully saturated rings. The Kier molecular flexibility index (Phi) is 7.56. The van der Waals surface area contributed by atoms with Gasteiger partial charge in [-0.05, 0) is 55.2 Å². The molecule has 1 saturated heterocycles. The zero-order valence-electron chi connectivity index (χ0n) is 22.1. The molecule has 0 bridgehead atoms. The molecule has 0 saturated carbocycles. The van der Waals surface area contributed by atoms with Crippen LogP contribution in [0.2, 0.25) is 0 Å². The van der Waals surface area contributed by atoms with Gasteiger partial charge in [0.1, 0.15) is 11.5 Å². The summed E-state index contributed by atoms with van der Waals surface area (Å²) in [5.74, 6) is -0.0993. The van der Waals surface area contributed by atoms with Crippen LogP contribution in [0.25, 0.3) is 16.9 Å². The number of carbonyl (C=O) groups is 2. The number of hydrogen-bond acceptors (Lipinski definition) is 4. The first kappa shape index (κ1) is 27.3. The maximum absolute atomic E-state index is 13.9. The summed E-state index contributed by atoms with van der Waals surface area (Å²) in [4.78, 5) is 33.0. The lowest BCUT2D eigenvalue weighted by Gasteiger charge is -2.41. The number of benzene rings is 2. The third-order valence-corrected chi connectivity index (χ3v) is 7.58. The Morgan fingerprint density at radius 1 is 0.950 bits per heavy atom. The zero-order chi connectivity index (χ0) is 28.3. The van der Waals surface area contributed by atoms with Crippen LogP contribution in [0.15, 0.2) is 85.3 Å². The van der Waals surface area contributed by atoms with Crippen LogP contribution >= 0.6 is 0 Å². The van der Waals surface area contributed by atoms with Crippen LogP contribution < -0.4 is 0 Å². The minimum atomic E-state index is -4.51. The van der Waals surface area contributed by atoms with Gasteiger partial charge in [0.25, 0.3) is 5.91 Å². The van der Waals surface area contributed by atoms with E-state index in [4.69, 9.17) is 0 Å². The topological polar surface area (TPSA) is 68.1 Å². The Morgan fingerprint density at radius 3 is 2.30 bits per heavy atom. The van der Waals surface area contributed by atoms with Gasteiger partial charge in [0, 0.05) is 43.7 Å². The van der Waals surface area contributed by atoms with Gasteiger partial charge in [-0.15, -0.1) is 0 Å². The van der Waals surface area contributed by atoms with Gasteiger partial charge in [-0.1, -0.05) is 43.3 Å². The fraction of sp³-hybridized carbons (Fsp3) is 0.290. The maximum Gasteiger partial charge on any atom is 0.416 e. The first-order valence-electron chi connectivity index (χ1n) is 13.3. The molecule has 5 rings (SSSR count). The van der Waals surface area contributed by atoms with E-state index >= 15 is 0 Å². The minimum absolute atomic E-state index is 0.183. The highest BCUT2D eigenvalue weighted by atomic mass is 19.4. The number of Topliss-reactive ketones (excluding diaryl/α,β-unsaturated/α-hetero) is 1. The molecule has 0 N–H and O–H groups in total. The van der Waals surface area contributed by atoms with Crippen LogP contribution in [0.4, 0.5) is 13.2 Å². The van der Waals surface area contributed by atoms with E-state index < -0.39 is 17.2 Å². The number of piperidine rings is 1. The van der Waals surface area contributed by atoms with E-state index in [-0.39, 0.29) is 22.9 Å². The van der Waals surface area contributed by atoms with E-state index in [9.17, 15) is 22.8 Å². The van der Waals surface area contributed by atoms with Gasteiger partial charge in [0.05, 0.1) is 22.2 Å². The Hall–Kier alpha value is -4.27. The molecule has 2 aromatic heterocycles. The molecule has 2 aromatic carbocycles. The van der Waals surface area contributed by atoms with Crippen LogP contribution in [0.5, 0.6) is 0 Å². The van der Waals surface area contributed by atoms with E-state index in [1.807, 2.05) is 37.3 Å². The molecule has 0 unspecified atom stereocenters. The lowest BCUT2D eigenvalue weighted by Crippen LogP contribution is -2.49. The van der Waals surface area contributed by atoms with E-state index in [0.29, 0.717) is 43.6 Å². The lowest BCUT2D eigenvalue weighted by molar-refractivity contribution is -0.137. The molecule has 40 heavy (non-hydrogen) atoms. The normalized spacial score (nSPS) is 15.2. The van der Waals surface area contributed by atoms with Crippen molar-refractivity contribution in [2.45, 2.75) is 44.2 Å². The average Bonchev–Trinajstić information content (AvgIpc) is 3.43. The van der Waals surface area contributed by atoms with Crippen molar-refractivity contribution in [3.63, 3.8) is 0 Å². The van der Waals surface area contributed by atoms with Crippen molar-refractivity contribution in [1.82, 2.24) is 19.7 Å². The molecular formula is C31H29F3N4O2. The quantitative estimate of drug-likeness (QED) is 0.266. The van der Waals surface area contributed by atoms with Gasteiger partial charge in [0.15, 0.2) is 0 Å². The smallest absolute Gasteiger partial charge is 0.338 e. The van der Waals surface area contributed by atoms with Gasteiger partial charge in [-0.2, -0.15) is 18.3 Å². The number of rotatable bonds is 7. The number of pyridine rings is 1. The number of carbonyl (C=O) groups excluding carboxylic acids is 2. The molecule has 0 atom stereocenters. The molecule has 1 aliphatic rings. The Balaban J connectivity index is 1.48. The van der Waals surface area contributed by atoms with Crippen LogP contribution in [0.3, 0.4) is 0 Å². The SMILES string of the molecule is CCCC(=O)C1(c2ccccc2)CCN(C(=O)c2cn(-c3cccc(C(F)(F)F)c3)nc2-c2ccncc2)CC1. The predicted molar refractivity (Wildman–Crippen MR) is 145 cm³/mol. The number of likely N-dealkylation sites (tertiary alicyclic amines) is 1. The third-order valence-electron chi connectivity index (χ3n) is 7.58. The highest BCUT2D eigenvalue weighted by Gasteiger charge is 2.43. The molecule has 3 heterocycles. The Morgan fingerprint density at radius 2 is 1.65 bits per heavy atom. The molecule has 9 heteroatoms. The van der Waals surface area contributed by atoms with Crippen molar-refractivity contribution in [2.75, 3.05) is 13.1 Å². The number of ketones is 1. The fourth-order valence-corrected chi connectivity index (χ4v) is 5.42. The monoisotopic (exact) mass is 546 g/mol. The second kappa shape index (κ2) is 11.1. The van der Waals surface area contributed by atoms with Crippen LogP contribution in [-0.2, 0) is 16.4 Å². The van der Waals surface area contributed by atoms with Crippen molar-refractivity contribution >= 4 is 11.7 Å². The summed E-state index contributed by atoms with van der Waals surface area (Å²) in [6.07, 6.45) is 2.32. The first-order valence-corrected chi connectivity index (χ1v) is 13.3. The predicted octanol–water partition coefficient (Wildman–Crippen LogP) is 6.50. The highest BCUT2D eigenvalue weighted by molar-refractivity contribution is 6.00. The largest absolute Gasteiger partial charge is 0.416 e. The summed E-state index contributed by atoms with van der Waals surface area (Å²) >= 11 is 0. The zero-order valence-corrected chi connectivity index (χ0v) is 22.1. The van der Waals surface area contributed by atoms with Crippen molar-refractivity contribution in [3.8, 4) is 16.9 Å². The summed E-state index contributed by atoms with van der Waals surface area (Å²) in [7, 11) is 0. The molecule has 0 spiro atoms. The standard InChI is InChI=1S/C31H29F3N4O2/c1-2-7-27(39)30(23-8-4-3-5-9-23)14-18-37(19-15-30)29(40)26-21-38(36-28(26)22-12-16-35-17-13-22)25-11-6-10-24(20-25)31(32,33)34/h3-6,8-13,16-17,20-21H,2,7,14-15,18-19H2,1H3. The summed E-state index contributed by atoms with van der Waals surface area (Å²) in [5, 5.41) is 4.54. The fourth-order valence-electron chi connectivity index (χ4n) is 5.42. The van der Waals surface area contributed by atoms with Gasteiger partial charge in [-0.25, -0.2) is 4.68 Å². The summed E-state index contributed by atoms with van der Waals surface area (Å²) in [6, 6.07) is 18.0. The van der Waals surface area contributed by atoms with Crippen molar-refractivity contribution in [2.24, 2.45) is 0 Å². The van der Waals surface area contributed by atoms with Gasteiger partial charge >= 0.3 is 6.18 Å². The van der Waals surface area contributed by atoms with E-state index in [1.165, 1.54) is 23.0 Å². The molecule has 1 amide bonds. The number of alkyl halides is 3. The molecule has 0 radical (unpaired) electrons. The minimum Gasteiger partial charge on any atom is -0.338 e. The lowest BCUT2D eigenvalue weighted by atomic mass is 9.68. The van der Waals surface area contributed by atoms with Gasteiger partial charge in [0.2, 0.25) is 0 Å². The van der Waals surface area contributed by atoms with Gasteiger partial charge < -0.3 is 4.90 Å². The molecule has 206 valence electrons. The van der Waals surface area contributed by atoms with Crippen molar-refractivity contribution < 1.29 is 22.8 Å².